The molecule has 0 bridgehead atoms. The zero-order valence-corrected chi connectivity index (χ0v) is 13.5. The lowest BCUT2D eigenvalue weighted by atomic mass is 10.2. The highest BCUT2D eigenvalue weighted by molar-refractivity contribution is 6.03. The number of amides is 1. The molecule has 23 heavy (non-hydrogen) atoms. The first kappa shape index (κ1) is 16.7. The van der Waals surface area contributed by atoms with Gasteiger partial charge < -0.3 is 20.3 Å². The summed E-state index contributed by atoms with van der Waals surface area (Å²) < 4.78 is 4.96. The number of aromatic nitrogens is 2. The Labute approximate surface area is 135 Å². The molecule has 0 aliphatic carbocycles. The summed E-state index contributed by atoms with van der Waals surface area (Å²) in [6.07, 6.45) is 1.36. The van der Waals surface area contributed by atoms with Gasteiger partial charge in [0.25, 0.3) is 5.91 Å². The molecule has 0 aliphatic rings. The molecule has 0 saturated carbocycles. The van der Waals surface area contributed by atoms with Crippen molar-refractivity contribution in [3.8, 4) is 0 Å². The summed E-state index contributed by atoms with van der Waals surface area (Å²) in [5, 5.41) is 5.88. The summed E-state index contributed by atoms with van der Waals surface area (Å²) in [5.74, 6) is 0.310. The van der Waals surface area contributed by atoms with Crippen LogP contribution in [0.25, 0.3) is 0 Å². The zero-order chi connectivity index (χ0) is 16.7. The molecular weight excluding hydrogens is 294 g/mol. The summed E-state index contributed by atoms with van der Waals surface area (Å²) in [7, 11) is 5.56. The number of hydrogen-bond donors (Lipinski definition) is 2. The van der Waals surface area contributed by atoms with Crippen LogP contribution >= 0.6 is 0 Å². The first-order valence-electron chi connectivity index (χ1n) is 7.23. The van der Waals surface area contributed by atoms with Crippen molar-refractivity contribution >= 4 is 23.1 Å². The van der Waals surface area contributed by atoms with Crippen LogP contribution in [0.15, 0.2) is 36.7 Å². The molecule has 2 N–H and O–H groups in total. The van der Waals surface area contributed by atoms with Gasteiger partial charge in [0.2, 0.25) is 0 Å². The van der Waals surface area contributed by atoms with Gasteiger partial charge >= 0.3 is 0 Å². The van der Waals surface area contributed by atoms with Crippen molar-refractivity contribution in [1.82, 2.24) is 9.97 Å². The number of methoxy groups -OCH3 is 1. The predicted molar refractivity (Wildman–Crippen MR) is 91.1 cm³/mol. The van der Waals surface area contributed by atoms with Crippen LogP contribution in [-0.2, 0) is 4.74 Å². The van der Waals surface area contributed by atoms with Crippen LogP contribution in [0.1, 0.15) is 10.5 Å². The quantitative estimate of drug-likeness (QED) is 0.759. The van der Waals surface area contributed by atoms with Crippen molar-refractivity contribution in [3.63, 3.8) is 0 Å². The molecule has 0 radical (unpaired) electrons. The number of carbonyl (C=O) groups is 1. The molecule has 122 valence electrons. The van der Waals surface area contributed by atoms with E-state index in [1.54, 1.807) is 13.2 Å². The van der Waals surface area contributed by atoms with Gasteiger partial charge in [-0.05, 0) is 24.3 Å². The van der Waals surface area contributed by atoms with E-state index in [2.05, 4.69) is 20.6 Å². The van der Waals surface area contributed by atoms with Crippen molar-refractivity contribution in [2.45, 2.75) is 0 Å². The topological polar surface area (TPSA) is 79.4 Å². The van der Waals surface area contributed by atoms with Gasteiger partial charge in [0.15, 0.2) is 0 Å². The maximum absolute atomic E-state index is 12.3. The molecule has 1 aromatic heterocycles. The minimum atomic E-state index is -0.278. The van der Waals surface area contributed by atoms with E-state index in [-0.39, 0.29) is 5.91 Å². The fourth-order valence-electron chi connectivity index (χ4n) is 1.90. The van der Waals surface area contributed by atoms with Crippen molar-refractivity contribution in [1.29, 1.82) is 0 Å². The molecule has 2 aromatic rings. The number of nitrogens with one attached hydrogen (secondary N) is 2. The second kappa shape index (κ2) is 8.09. The fraction of sp³-hybridized carbons (Fsp3) is 0.312. The zero-order valence-electron chi connectivity index (χ0n) is 13.5. The van der Waals surface area contributed by atoms with Gasteiger partial charge in [0.05, 0.1) is 6.61 Å². The average Bonchev–Trinajstić information content (AvgIpc) is 2.56. The van der Waals surface area contributed by atoms with E-state index in [1.807, 2.05) is 43.3 Å². The highest BCUT2D eigenvalue weighted by atomic mass is 16.5. The Bertz CT molecular complexity index is 643. The Balaban J connectivity index is 2.01. The van der Waals surface area contributed by atoms with Crippen LogP contribution in [0.4, 0.5) is 17.2 Å². The third-order valence-corrected chi connectivity index (χ3v) is 3.15. The molecule has 7 nitrogen and oxygen atoms in total. The lowest BCUT2D eigenvalue weighted by Gasteiger charge is -2.13. The van der Waals surface area contributed by atoms with Crippen molar-refractivity contribution in [2.75, 3.05) is 49.9 Å². The predicted octanol–water partition coefficient (Wildman–Crippen LogP) is 1.85. The lowest BCUT2D eigenvalue weighted by Crippen LogP contribution is -2.16. The maximum atomic E-state index is 12.3. The molecule has 0 atom stereocenters. The van der Waals surface area contributed by atoms with Gasteiger partial charge in [-0.2, -0.15) is 0 Å². The van der Waals surface area contributed by atoms with Crippen LogP contribution in [-0.4, -0.2) is 50.2 Å². The fourth-order valence-corrected chi connectivity index (χ4v) is 1.90. The molecule has 1 aromatic carbocycles. The van der Waals surface area contributed by atoms with Crippen LogP contribution in [0.3, 0.4) is 0 Å². The number of benzene rings is 1. The second-order valence-corrected chi connectivity index (χ2v) is 5.10. The number of hydrogen-bond acceptors (Lipinski definition) is 6. The van der Waals surface area contributed by atoms with E-state index in [0.717, 1.165) is 5.69 Å². The molecule has 7 heteroatoms. The SMILES string of the molecule is COCCNc1cc(C(=O)Nc2ccc(N(C)C)cc2)ncn1. The smallest absolute Gasteiger partial charge is 0.274 e. The van der Waals surface area contributed by atoms with Gasteiger partial charge in [-0.1, -0.05) is 0 Å². The van der Waals surface area contributed by atoms with Gasteiger partial charge in [-0.15, -0.1) is 0 Å². The Morgan fingerprint density at radius 3 is 2.61 bits per heavy atom. The lowest BCUT2D eigenvalue weighted by molar-refractivity contribution is 0.102. The van der Waals surface area contributed by atoms with Gasteiger partial charge in [-0.25, -0.2) is 9.97 Å². The second-order valence-electron chi connectivity index (χ2n) is 5.10. The van der Waals surface area contributed by atoms with Crippen LogP contribution < -0.4 is 15.5 Å². The summed E-state index contributed by atoms with van der Waals surface area (Å²) in [4.78, 5) is 22.3. The van der Waals surface area contributed by atoms with E-state index >= 15 is 0 Å². The first-order valence-corrected chi connectivity index (χ1v) is 7.23. The molecule has 0 fully saturated rings. The molecule has 1 heterocycles. The van der Waals surface area contributed by atoms with E-state index in [1.165, 1.54) is 6.33 Å². The number of nitrogens with zero attached hydrogens (tertiary/aromatic N) is 3. The molecule has 0 unspecified atom stereocenters. The number of carbonyl (C=O) groups excluding carboxylic acids is 1. The Hall–Kier alpha value is -2.67. The largest absolute Gasteiger partial charge is 0.383 e. The Morgan fingerprint density at radius 2 is 1.96 bits per heavy atom. The average molecular weight is 315 g/mol. The third kappa shape index (κ3) is 4.93. The van der Waals surface area contributed by atoms with Crippen molar-refractivity contribution in [3.05, 3.63) is 42.4 Å². The van der Waals surface area contributed by atoms with Crippen LogP contribution in [0.5, 0.6) is 0 Å². The minimum Gasteiger partial charge on any atom is -0.383 e. The van der Waals surface area contributed by atoms with E-state index < -0.39 is 0 Å². The third-order valence-electron chi connectivity index (χ3n) is 3.15. The van der Waals surface area contributed by atoms with Gasteiger partial charge in [0, 0.05) is 45.2 Å². The highest BCUT2D eigenvalue weighted by Crippen LogP contribution is 2.16. The Morgan fingerprint density at radius 1 is 1.22 bits per heavy atom. The standard InChI is InChI=1S/C16H21N5O2/c1-21(2)13-6-4-12(5-7-13)20-16(22)14-10-15(19-11-18-14)17-8-9-23-3/h4-7,10-11H,8-9H2,1-3H3,(H,20,22)(H,17,18,19). The minimum absolute atomic E-state index is 0.278. The summed E-state index contributed by atoms with van der Waals surface area (Å²) >= 11 is 0. The monoisotopic (exact) mass is 315 g/mol. The number of ether oxygens (including phenoxy) is 1. The van der Waals surface area contributed by atoms with Crippen LogP contribution in [0, 0.1) is 0 Å². The van der Waals surface area contributed by atoms with E-state index in [9.17, 15) is 4.79 Å². The molecule has 1 amide bonds. The molecular formula is C16H21N5O2. The highest BCUT2D eigenvalue weighted by Gasteiger charge is 2.09. The summed E-state index contributed by atoms with van der Waals surface area (Å²) in [6, 6.07) is 9.19. The number of anilines is 3. The normalized spacial score (nSPS) is 10.2. The Kier molecular flexibility index (Phi) is 5.87. The van der Waals surface area contributed by atoms with Gasteiger partial charge in [0.1, 0.15) is 17.8 Å². The van der Waals surface area contributed by atoms with Gasteiger partial charge in [-0.3, -0.25) is 4.79 Å². The van der Waals surface area contributed by atoms with Crippen LogP contribution in [0.2, 0.25) is 0 Å². The van der Waals surface area contributed by atoms with Crippen molar-refractivity contribution in [2.24, 2.45) is 0 Å². The van der Waals surface area contributed by atoms with Crippen molar-refractivity contribution < 1.29 is 9.53 Å². The molecule has 0 aliphatic heterocycles. The summed E-state index contributed by atoms with van der Waals surface area (Å²) in [5.41, 5.74) is 2.08. The first-order chi connectivity index (χ1) is 11.1. The number of rotatable bonds is 7. The van der Waals surface area contributed by atoms with E-state index in [0.29, 0.717) is 30.4 Å². The summed E-state index contributed by atoms with van der Waals surface area (Å²) in [6.45, 7) is 1.17. The molecule has 0 spiro atoms. The molecule has 2 rings (SSSR count). The maximum Gasteiger partial charge on any atom is 0.274 e. The molecule has 0 saturated heterocycles. The van der Waals surface area contributed by atoms with E-state index in [4.69, 9.17) is 4.74 Å².